The fourth-order valence-corrected chi connectivity index (χ4v) is 1.95. The van der Waals surface area contributed by atoms with Crippen molar-refractivity contribution < 1.29 is 24.2 Å². The number of esters is 1. The first-order valence-electron chi connectivity index (χ1n) is 6.81. The Bertz CT molecular complexity index is 380. The van der Waals surface area contributed by atoms with Crippen LogP contribution in [0.25, 0.3) is 0 Å². The SMILES string of the molecule is CC(C)(C)OC(=O)[C@@H]1[C@H](O)CCN1C(=O)OC(C)(C)C. The van der Waals surface area contributed by atoms with Crippen LogP contribution in [0, 0.1) is 0 Å². The molecule has 0 radical (unpaired) electrons. The van der Waals surface area contributed by atoms with Crippen molar-refractivity contribution in [2.75, 3.05) is 6.54 Å². The van der Waals surface area contributed by atoms with Gasteiger partial charge in [-0.05, 0) is 48.0 Å². The van der Waals surface area contributed by atoms with Gasteiger partial charge in [0.25, 0.3) is 0 Å². The average molecular weight is 287 g/mol. The molecule has 1 aliphatic heterocycles. The molecule has 1 aliphatic rings. The molecular formula is C14H25NO5. The Balaban J connectivity index is 2.81. The fraction of sp³-hybridized carbons (Fsp3) is 0.857. The minimum Gasteiger partial charge on any atom is -0.458 e. The van der Waals surface area contributed by atoms with Crippen LogP contribution in [-0.2, 0) is 14.3 Å². The highest BCUT2D eigenvalue weighted by Crippen LogP contribution is 2.24. The van der Waals surface area contributed by atoms with Gasteiger partial charge in [-0.25, -0.2) is 9.59 Å². The quantitative estimate of drug-likeness (QED) is 0.743. The van der Waals surface area contributed by atoms with E-state index in [1.54, 1.807) is 41.5 Å². The summed E-state index contributed by atoms with van der Waals surface area (Å²) in [6.07, 6.45) is -1.19. The monoisotopic (exact) mass is 287 g/mol. The number of carbonyl (C=O) groups is 2. The lowest BCUT2D eigenvalue weighted by Gasteiger charge is -2.30. The summed E-state index contributed by atoms with van der Waals surface area (Å²) in [4.78, 5) is 25.4. The molecule has 0 aromatic carbocycles. The maximum Gasteiger partial charge on any atom is 0.411 e. The van der Waals surface area contributed by atoms with E-state index in [1.165, 1.54) is 4.90 Å². The van der Waals surface area contributed by atoms with Crippen LogP contribution < -0.4 is 0 Å². The maximum absolute atomic E-state index is 12.1. The van der Waals surface area contributed by atoms with E-state index in [-0.39, 0.29) is 6.54 Å². The van der Waals surface area contributed by atoms with E-state index in [0.29, 0.717) is 6.42 Å². The van der Waals surface area contributed by atoms with Crippen LogP contribution in [0.2, 0.25) is 0 Å². The number of ether oxygens (including phenoxy) is 2. The van der Waals surface area contributed by atoms with Crippen LogP contribution in [0.1, 0.15) is 48.0 Å². The molecule has 1 saturated heterocycles. The standard InChI is InChI=1S/C14H25NO5/c1-13(2,3)19-11(17)10-9(16)7-8-15(10)12(18)20-14(4,5)6/h9-10,16H,7-8H2,1-6H3/t9-,10+/m1/s1. The molecule has 20 heavy (non-hydrogen) atoms. The maximum atomic E-state index is 12.1. The van der Waals surface area contributed by atoms with Crippen molar-refractivity contribution in [1.29, 1.82) is 0 Å². The molecule has 0 spiro atoms. The molecule has 6 heteroatoms. The van der Waals surface area contributed by atoms with Crippen LogP contribution in [-0.4, -0.2) is 52.0 Å². The predicted molar refractivity (Wildman–Crippen MR) is 73.2 cm³/mol. The van der Waals surface area contributed by atoms with Gasteiger partial charge in [0.2, 0.25) is 0 Å². The number of nitrogens with zero attached hydrogens (tertiary/aromatic N) is 1. The highest BCUT2D eigenvalue weighted by Gasteiger charge is 2.44. The molecular weight excluding hydrogens is 262 g/mol. The van der Waals surface area contributed by atoms with Gasteiger partial charge in [-0.15, -0.1) is 0 Å². The smallest absolute Gasteiger partial charge is 0.411 e. The molecule has 1 N–H and O–H groups in total. The molecule has 1 amide bonds. The molecule has 1 fully saturated rings. The Morgan fingerprint density at radius 3 is 2.00 bits per heavy atom. The van der Waals surface area contributed by atoms with Crippen molar-refractivity contribution in [3.05, 3.63) is 0 Å². The van der Waals surface area contributed by atoms with Crippen LogP contribution in [0.3, 0.4) is 0 Å². The Morgan fingerprint density at radius 1 is 1.05 bits per heavy atom. The summed E-state index contributed by atoms with van der Waals surface area (Å²) in [6, 6.07) is -0.996. The fourth-order valence-electron chi connectivity index (χ4n) is 1.95. The van der Waals surface area contributed by atoms with Gasteiger partial charge < -0.3 is 14.6 Å². The van der Waals surface area contributed by atoms with Gasteiger partial charge >= 0.3 is 12.1 Å². The summed E-state index contributed by atoms with van der Waals surface area (Å²) in [5.74, 6) is -0.603. The number of likely N-dealkylation sites (tertiary alicyclic amines) is 1. The van der Waals surface area contributed by atoms with E-state index in [4.69, 9.17) is 9.47 Å². The number of hydrogen-bond acceptors (Lipinski definition) is 5. The number of rotatable bonds is 1. The molecule has 116 valence electrons. The molecule has 0 unspecified atom stereocenters. The molecule has 1 rings (SSSR count). The van der Waals surface area contributed by atoms with Gasteiger partial charge in [0, 0.05) is 6.54 Å². The van der Waals surface area contributed by atoms with Crippen LogP contribution >= 0.6 is 0 Å². The molecule has 1 heterocycles. The highest BCUT2D eigenvalue weighted by molar-refractivity contribution is 5.83. The Kier molecular flexibility index (Phi) is 4.69. The molecule has 0 aromatic rings. The molecule has 0 bridgehead atoms. The van der Waals surface area contributed by atoms with Gasteiger partial charge in [0.1, 0.15) is 11.2 Å². The van der Waals surface area contributed by atoms with Gasteiger partial charge in [-0.2, -0.15) is 0 Å². The topological polar surface area (TPSA) is 76.1 Å². The summed E-state index contributed by atoms with van der Waals surface area (Å²) in [5, 5.41) is 9.92. The Labute approximate surface area is 120 Å². The minimum absolute atomic E-state index is 0.278. The number of aliphatic hydroxyl groups excluding tert-OH is 1. The summed E-state index contributed by atoms with van der Waals surface area (Å²) in [6.45, 7) is 10.7. The van der Waals surface area contributed by atoms with Gasteiger partial charge in [0.05, 0.1) is 6.10 Å². The van der Waals surface area contributed by atoms with E-state index in [1.807, 2.05) is 0 Å². The number of aliphatic hydroxyl groups is 1. The second-order valence-corrected chi connectivity index (χ2v) is 7.01. The number of amides is 1. The van der Waals surface area contributed by atoms with Crippen molar-refractivity contribution >= 4 is 12.1 Å². The number of carbonyl (C=O) groups excluding carboxylic acids is 2. The van der Waals surface area contributed by atoms with Crippen LogP contribution in [0.15, 0.2) is 0 Å². The largest absolute Gasteiger partial charge is 0.458 e. The Hall–Kier alpha value is -1.30. The first kappa shape index (κ1) is 16.8. The molecule has 0 saturated carbocycles. The Morgan fingerprint density at radius 2 is 1.55 bits per heavy atom. The zero-order chi connectivity index (χ0) is 15.7. The first-order valence-corrected chi connectivity index (χ1v) is 6.81. The zero-order valence-corrected chi connectivity index (χ0v) is 13.1. The number of hydrogen-bond donors (Lipinski definition) is 1. The van der Waals surface area contributed by atoms with Gasteiger partial charge in [-0.1, -0.05) is 0 Å². The average Bonchev–Trinajstić information content (AvgIpc) is 2.54. The summed E-state index contributed by atoms with van der Waals surface area (Å²) in [5.41, 5.74) is -1.32. The molecule has 0 aliphatic carbocycles. The van der Waals surface area contributed by atoms with Crippen molar-refractivity contribution in [3.8, 4) is 0 Å². The summed E-state index contributed by atoms with van der Waals surface area (Å²) in [7, 11) is 0. The van der Waals surface area contributed by atoms with E-state index in [0.717, 1.165) is 0 Å². The van der Waals surface area contributed by atoms with Crippen molar-refractivity contribution in [2.45, 2.75) is 71.3 Å². The summed E-state index contributed by atoms with van der Waals surface area (Å²) >= 11 is 0. The van der Waals surface area contributed by atoms with Crippen LogP contribution in [0.4, 0.5) is 4.79 Å². The van der Waals surface area contributed by atoms with E-state index < -0.39 is 35.4 Å². The van der Waals surface area contributed by atoms with Crippen molar-refractivity contribution in [2.24, 2.45) is 0 Å². The minimum atomic E-state index is -0.996. The lowest BCUT2D eigenvalue weighted by atomic mass is 10.1. The van der Waals surface area contributed by atoms with Crippen molar-refractivity contribution in [1.82, 2.24) is 4.90 Å². The third kappa shape index (κ3) is 4.67. The second-order valence-electron chi connectivity index (χ2n) is 7.01. The zero-order valence-electron chi connectivity index (χ0n) is 13.1. The van der Waals surface area contributed by atoms with Gasteiger partial charge in [0.15, 0.2) is 6.04 Å². The van der Waals surface area contributed by atoms with Gasteiger partial charge in [-0.3, -0.25) is 4.90 Å². The van der Waals surface area contributed by atoms with E-state index in [2.05, 4.69) is 0 Å². The summed E-state index contributed by atoms with van der Waals surface area (Å²) < 4.78 is 10.5. The molecule has 6 nitrogen and oxygen atoms in total. The molecule has 0 aromatic heterocycles. The second kappa shape index (κ2) is 5.60. The normalized spacial score (nSPS) is 23.6. The van der Waals surface area contributed by atoms with Crippen LogP contribution in [0.5, 0.6) is 0 Å². The van der Waals surface area contributed by atoms with E-state index >= 15 is 0 Å². The first-order chi connectivity index (χ1) is 8.91. The third-order valence-corrected chi connectivity index (χ3v) is 2.64. The third-order valence-electron chi connectivity index (χ3n) is 2.64. The lowest BCUT2D eigenvalue weighted by Crippen LogP contribution is -2.49. The van der Waals surface area contributed by atoms with E-state index in [9.17, 15) is 14.7 Å². The molecule has 2 atom stereocenters. The lowest BCUT2D eigenvalue weighted by molar-refractivity contribution is -0.162. The predicted octanol–water partition coefficient (Wildman–Crippen LogP) is 1.70. The highest BCUT2D eigenvalue weighted by atomic mass is 16.6. The van der Waals surface area contributed by atoms with Crippen molar-refractivity contribution in [3.63, 3.8) is 0 Å².